The second-order valence-corrected chi connectivity index (χ2v) is 7.04. The number of phenols is 2. The van der Waals surface area contributed by atoms with Gasteiger partial charge in [0.15, 0.2) is 5.75 Å². The largest absolute Gasteiger partial charge is 0.507 e. The Balaban J connectivity index is 2.24. The molecule has 9 nitrogen and oxygen atoms in total. The van der Waals surface area contributed by atoms with Gasteiger partial charge in [-0.25, -0.2) is 4.83 Å². The van der Waals surface area contributed by atoms with E-state index in [0.29, 0.717) is 4.47 Å². The lowest BCUT2D eigenvalue weighted by atomic mass is 10.2. The molecule has 126 valence electrons. The Hall–Kier alpha value is -2.66. The Kier molecular flexibility index (Phi) is 5.04. The average molecular weight is 416 g/mol. The number of rotatable bonds is 5. The average Bonchev–Trinajstić information content (AvgIpc) is 2.49. The molecule has 0 spiro atoms. The van der Waals surface area contributed by atoms with Gasteiger partial charge in [-0.3, -0.25) is 10.1 Å². The number of phenolic OH excluding ortho intramolecular Hbond substituents is 2. The first kappa shape index (κ1) is 17.7. The SMILES string of the molecule is O=[N+]([O-])c1cc(/C=N/NS(=O)(=O)c2ccc(Br)cc2)c(O)cc1O. The van der Waals surface area contributed by atoms with Crippen molar-refractivity contribution in [3.05, 3.63) is 56.5 Å². The predicted molar refractivity (Wildman–Crippen MR) is 88.5 cm³/mol. The highest BCUT2D eigenvalue weighted by molar-refractivity contribution is 9.10. The molecular weight excluding hydrogens is 406 g/mol. The summed E-state index contributed by atoms with van der Waals surface area (Å²) in [5.41, 5.74) is -0.789. The van der Waals surface area contributed by atoms with Crippen LogP contribution in [0.3, 0.4) is 0 Å². The minimum absolute atomic E-state index is 0.0382. The smallest absolute Gasteiger partial charge is 0.311 e. The molecule has 0 aliphatic heterocycles. The van der Waals surface area contributed by atoms with Crippen LogP contribution in [0.2, 0.25) is 0 Å². The minimum Gasteiger partial charge on any atom is -0.507 e. The number of hydrogen-bond donors (Lipinski definition) is 3. The van der Waals surface area contributed by atoms with E-state index < -0.39 is 32.1 Å². The van der Waals surface area contributed by atoms with E-state index in [1.807, 2.05) is 4.83 Å². The van der Waals surface area contributed by atoms with Gasteiger partial charge < -0.3 is 10.2 Å². The minimum atomic E-state index is -3.93. The molecule has 0 saturated carbocycles. The maximum absolute atomic E-state index is 12.0. The van der Waals surface area contributed by atoms with Crippen LogP contribution in [-0.2, 0) is 10.0 Å². The van der Waals surface area contributed by atoms with E-state index in [0.717, 1.165) is 18.3 Å². The molecule has 0 aliphatic carbocycles. The molecular formula is C13H10BrN3O6S. The van der Waals surface area contributed by atoms with Crippen LogP contribution in [0.4, 0.5) is 5.69 Å². The fraction of sp³-hybridized carbons (Fsp3) is 0. The number of halogens is 1. The van der Waals surface area contributed by atoms with Gasteiger partial charge in [-0.05, 0) is 24.3 Å². The Morgan fingerprint density at radius 2 is 1.79 bits per heavy atom. The molecule has 0 aromatic heterocycles. The van der Waals surface area contributed by atoms with Gasteiger partial charge in [-0.15, -0.1) is 0 Å². The lowest BCUT2D eigenvalue weighted by Crippen LogP contribution is -2.18. The van der Waals surface area contributed by atoms with Gasteiger partial charge in [0.1, 0.15) is 5.75 Å². The third-order valence-corrected chi connectivity index (χ3v) is 4.59. The van der Waals surface area contributed by atoms with E-state index in [1.165, 1.54) is 24.3 Å². The lowest BCUT2D eigenvalue weighted by molar-refractivity contribution is -0.385. The van der Waals surface area contributed by atoms with E-state index in [4.69, 9.17) is 0 Å². The van der Waals surface area contributed by atoms with Crippen LogP contribution in [0.5, 0.6) is 11.5 Å². The summed E-state index contributed by atoms with van der Waals surface area (Å²) in [4.78, 5) is 11.8. The van der Waals surface area contributed by atoms with E-state index >= 15 is 0 Å². The molecule has 2 aromatic rings. The highest BCUT2D eigenvalue weighted by Crippen LogP contribution is 2.31. The Morgan fingerprint density at radius 1 is 1.17 bits per heavy atom. The van der Waals surface area contributed by atoms with E-state index in [2.05, 4.69) is 21.0 Å². The zero-order valence-electron chi connectivity index (χ0n) is 11.7. The number of nitrogens with zero attached hydrogens (tertiary/aromatic N) is 2. The monoisotopic (exact) mass is 415 g/mol. The summed E-state index contributed by atoms with van der Waals surface area (Å²) in [5, 5.41) is 33.2. The van der Waals surface area contributed by atoms with Crippen molar-refractivity contribution in [2.75, 3.05) is 0 Å². The first-order chi connectivity index (χ1) is 11.2. The van der Waals surface area contributed by atoms with Crippen LogP contribution >= 0.6 is 15.9 Å². The number of benzene rings is 2. The molecule has 0 aliphatic rings. The standard InChI is InChI=1S/C13H10BrN3O6S/c14-9-1-3-10(4-2-9)24(22,23)16-15-7-8-5-11(17(20)21)13(19)6-12(8)18/h1-7,16,18-19H/b15-7+. The number of hydrogen-bond acceptors (Lipinski definition) is 7. The van der Waals surface area contributed by atoms with Gasteiger partial charge in [0.25, 0.3) is 10.0 Å². The second-order valence-electron chi connectivity index (χ2n) is 4.46. The molecule has 3 N–H and O–H groups in total. The van der Waals surface area contributed by atoms with Crippen LogP contribution in [0, 0.1) is 10.1 Å². The van der Waals surface area contributed by atoms with Crippen molar-refractivity contribution in [3.8, 4) is 11.5 Å². The van der Waals surface area contributed by atoms with Gasteiger partial charge >= 0.3 is 5.69 Å². The number of nitro groups is 1. The summed E-state index contributed by atoms with van der Waals surface area (Å²) in [6, 6.07) is 7.40. The van der Waals surface area contributed by atoms with Crippen molar-refractivity contribution in [3.63, 3.8) is 0 Å². The first-order valence-corrected chi connectivity index (χ1v) is 8.49. The zero-order chi connectivity index (χ0) is 17.9. The molecule has 0 radical (unpaired) electrons. The Morgan fingerprint density at radius 3 is 2.38 bits per heavy atom. The number of sulfonamides is 1. The van der Waals surface area contributed by atoms with Crippen molar-refractivity contribution in [2.24, 2.45) is 5.10 Å². The molecule has 0 amide bonds. The Labute approximate surface area is 144 Å². The fourth-order valence-electron chi connectivity index (χ4n) is 1.66. The van der Waals surface area contributed by atoms with Gasteiger partial charge in [0, 0.05) is 22.2 Å². The number of nitro benzene ring substituents is 1. The van der Waals surface area contributed by atoms with Gasteiger partial charge in [0.05, 0.1) is 16.0 Å². The summed E-state index contributed by atoms with van der Waals surface area (Å²) in [6.07, 6.45) is 0.887. The molecule has 0 fully saturated rings. The van der Waals surface area contributed by atoms with Crippen LogP contribution in [-0.4, -0.2) is 29.8 Å². The second kappa shape index (κ2) is 6.84. The highest BCUT2D eigenvalue weighted by Gasteiger charge is 2.17. The van der Waals surface area contributed by atoms with E-state index in [-0.39, 0.29) is 10.5 Å². The van der Waals surface area contributed by atoms with E-state index in [9.17, 15) is 28.7 Å². The van der Waals surface area contributed by atoms with Gasteiger partial charge in [-0.1, -0.05) is 15.9 Å². The van der Waals surface area contributed by atoms with Crippen molar-refractivity contribution >= 4 is 37.9 Å². The summed E-state index contributed by atoms with van der Waals surface area (Å²) < 4.78 is 24.7. The first-order valence-electron chi connectivity index (χ1n) is 6.21. The fourth-order valence-corrected chi connectivity index (χ4v) is 2.72. The summed E-state index contributed by atoms with van der Waals surface area (Å²) in [5.74, 6) is -1.21. The molecule has 0 saturated heterocycles. The molecule has 0 heterocycles. The van der Waals surface area contributed by atoms with Crippen molar-refractivity contribution in [2.45, 2.75) is 4.90 Å². The topological polar surface area (TPSA) is 142 Å². The van der Waals surface area contributed by atoms with Gasteiger partial charge in [-0.2, -0.15) is 13.5 Å². The number of nitrogens with one attached hydrogen (secondary N) is 1. The van der Waals surface area contributed by atoms with Crippen molar-refractivity contribution in [1.82, 2.24) is 4.83 Å². The third-order valence-electron chi connectivity index (χ3n) is 2.82. The molecule has 0 atom stereocenters. The van der Waals surface area contributed by atoms with Crippen LogP contribution in [0.25, 0.3) is 0 Å². The van der Waals surface area contributed by atoms with Crippen LogP contribution in [0.15, 0.2) is 50.9 Å². The normalized spacial score (nSPS) is 11.5. The zero-order valence-corrected chi connectivity index (χ0v) is 14.2. The number of hydrazone groups is 1. The third kappa shape index (κ3) is 4.00. The van der Waals surface area contributed by atoms with Gasteiger partial charge in [0.2, 0.25) is 0 Å². The summed E-state index contributed by atoms with van der Waals surface area (Å²) >= 11 is 3.18. The molecule has 0 unspecified atom stereocenters. The van der Waals surface area contributed by atoms with Crippen LogP contribution < -0.4 is 4.83 Å². The number of aromatic hydroxyl groups is 2. The van der Waals surface area contributed by atoms with E-state index in [1.54, 1.807) is 0 Å². The predicted octanol–water partition coefficient (Wildman–Crippen LogP) is 2.08. The van der Waals surface area contributed by atoms with Crippen molar-refractivity contribution < 1.29 is 23.6 Å². The molecule has 24 heavy (non-hydrogen) atoms. The summed E-state index contributed by atoms with van der Waals surface area (Å²) in [6.45, 7) is 0. The maximum atomic E-state index is 12.0. The molecule has 2 rings (SSSR count). The van der Waals surface area contributed by atoms with Crippen LogP contribution in [0.1, 0.15) is 5.56 Å². The maximum Gasteiger partial charge on any atom is 0.311 e. The molecule has 0 bridgehead atoms. The van der Waals surface area contributed by atoms with Crippen molar-refractivity contribution in [1.29, 1.82) is 0 Å². The lowest BCUT2D eigenvalue weighted by Gasteiger charge is -2.04. The Bertz CT molecular complexity index is 912. The molecule has 11 heteroatoms. The highest BCUT2D eigenvalue weighted by atomic mass is 79.9. The summed E-state index contributed by atoms with van der Waals surface area (Å²) in [7, 11) is -3.93. The molecule has 2 aromatic carbocycles. The quantitative estimate of drug-likeness (QED) is 0.387.